The van der Waals surface area contributed by atoms with Gasteiger partial charge in [-0.1, -0.05) is 31.2 Å². The number of benzene rings is 1. The van der Waals surface area contributed by atoms with Crippen LogP contribution in [-0.4, -0.2) is 33.0 Å². The van der Waals surface area contributed by atoms with E-state index in [2.05, 4.69) is 36.5 Å². The maximum absolute atomic E-state index is 5.95. The maximum atomic E-state index is 5.95. The highest BCUT2D eigenvalue weighted by Gasteiger charge is 2.32. The highest BCUT2D eigenvalue weighted by Crippen LogP contribution is 2.33. The molecule has 0 bridgehead atoms. The SMILES string of the molecule is CCCNC1c2ccccc2CC1OCCOC. The minimum absolute atomic E-state index is 0.240. The van der Waals surface area contributed by atoms with E-state index in [1.807, 2.05) is 0 Å². The Morgan fingerprint density at radius 3 is 2.89 bits per heavy atom. The summed E-state index contributed by atoms with van der Waals surface area (Å²) in [5.41, 5.74) is 2.81. The molecule has 0 heterocycles. The molecule has 18 heavy (non-hydrogen) atoms. The fourth-order valence-electron chi connectivity index (χ4n) is 2.54. The minimum atomic E-state index is 0.240. The van der Waals surface area contributed by atoms with Crippen LogP contribution in [0.5, 0.6) is 0 Å². The lowest BCUT2D eigenvalue weighted by Crippen LogP contribution is -2.32. The molecule has 0 saturated heterocycles. The van der Waals surface area contributed by atoms with Crippen LogP contribution in [0.15, 0.2) is 24.3 Å². The molecule has 0 saturated carbocycles. The molecule has 100 valence electrons. The molecule has 1 aromatic rings. The van der Waals surface area contributed by atoms with Gasteiger partial charge in [0.2, 0.25) is 0 Å². The van der Waals surface area contributed by atoms with Gasteiger partial charge in [0.15, 0.2) is 0 Å². The molecule has 0 radical (unpaired) electrons. The summed E-state index contributed by atoms with van der Waals surface area (Å²) in [5, 5.41) is 3.60. The van der Waals surface area contributed by atoms with Gasteiger partial charge < -0.3 is 14.8 Å². The predicted octanol–water partition coefficient (Wildman–Crippen LogP) is 2.32. The molecule has 2 atom stereocenters. The molecule has 2 unspecified atom stereocenters. The Hall–Kier alpha value is -0.900. The molecular formula is C15H23NO2. The van der Waals surface area contributed by atoms with E-state index < -0.39 is 0 Å². The van der Waals surface area contributed by atoms with Crippen molar-refractivity contribution < 1.29 is 9.47 Å². The van der Waals surface area contributed by atoms with Gasteiger partial charge in [-0.2, -0.15) is 0 Å². The summed E-state index contributed by atoms with van der Waals surface area (Å²) < 4.78 is 11.0. The van der Waals surface area contributed by atoms with Gasteiger partial charge in [-0.3, -0.25) is 0 Å². The zero-order valence-corrected chi connectivity index (χ0v) is 11.3. The van der Waals surface area contributed by atoms with Gasteiger partial charge >= 0.3 is 0 Å². The molecular weight excluding hydrogens is 226 g/mol. The number of nitrogens with one attached hydrogen (secondary N) is 1. The first-order chi connectivity index (χ1) is 8.86. The summed E-state index contributed by atoms with van der Waals surface area (Å²) in [7, 11) is 1.71. The van der Waals surface area contributed by atoms with Crippen LogP contribution < -0.4 is 5.32 Å². The van der Waals surface area contributed by atoms with E-state index in [-0.39, 0.29) is 6.10 Å². The fourth-order valence-corrected chi connectivity index (χ4v) is 2.54. The summed E-state index contributed by atoms with van der Waals surface area (Å²) in [6.45, 7) is 4.55. The van der Waals surface area contributed by atoms with Crippen LogP contribution in [0.4, 0.5) is 0 Å². The van der Waals surface area contributed by atoms with Crippen LogP contribution >= 0.6 is 0 Å². The molecule has 0 aliphatic heterocycles. The topological polar surface area (TPSA) is 30.5 Å². The minimum Gasteiger partial charge on any atom is -0.382 e. The van der Waals surface area contributed by atoms with Crippen LogP contribution in [0.2, 0.25) is 0 Å². The standard InChI is InChI=1S/C15H23NO2/c1-3-8-16-15-13-7-5-4-6-12(13)11-14(15)18-10-9-17-2/h4-7,14-16H,3,8-11H2,1-2H3. The second kappa shape index (κ2) is 6.88. The summed E-state index contributed by atoms with van der Waals surface area (Å²) in [6, 6.07) is 8.96. The van der Waals surface area contributed by atoms with Crippen molar-refractivity contribution in [3.63, 3.8) is 0 Å². The van der Waals surface area contributed by atoms with E-state index in [1.54, 1.807) is 7.11 Å². The Morgan fingerprint density at radius 2 is 2.11 bits per heavy atom. The number of ether oxygens (including phenoxy) is 2. The second-order valence-electron chi connectivity index (χ2n) is 4.74. The van der Waals surface area contributed by atoms with Crippen LogP contribution in [0.25, 0.3) is 0 Å². The molecule has 1 aliphatic rings. The lowest BCUT2D eigenvalue weighted by molar-refractivity contribution is 0.00436. The molecule has 1 aromatic carbocycles. The molecule has 3 heteroatoms. The van der Waals surface area contributed by atoms with E-state index in [9.17, 15) is 0 Å². The first-order valence-corrected chi connectivity index (χ1v) is 6.78. The van der Waals surface area contributed by atoms with Crippen molar-refractivity contribution in [1.82, 2.24) is 5.32 Å². The Labute approximate surface area is 109 Å². The fraction of sp³-hybridized carbons (Fsp3) is 0.600. The third-order valence-electron chi connectivity index (χ3n) is 3.42. The van der Waals surface area contributed by atoms with E-state index in [4.69, 9.17) is 9.47 Å². The highest BCUT2D eigenvalue weighted by molar-refractivity contribution is 5.36. The van der Waals surface area contributed by atoms with E-state index in [1.165, 1.54) is 11.1 Å². The first kappa shape index (κ1) is 13.5. The third kappa shape index (κ3) is 3.10. The Bertz CT molecular complexity index is 367. The van der Waals surface area contributed by atoms with E-state index in [0.29, 0.717) is 19.3 Å². The lowest BCUT2D eigenvalue weighted by atomic mass is 10.1. The van der Waals surface area contributed by atoms with E-state index >= 15 is 0 Å². The van der Waals surface area contributed by atoms with Crippen LogP contribution in [0.3, 0.4) is 0 Å². The Kier molecular flexibility index (Phi) is 5.17. The lowest BCUT2D eigenvalue weighted by Gasteiger charge is -2.22. The molecule has 2 rings (SSSR count). The predicted molar refractivity (Wildman–Crippen MR) is 72.8 cm³/mol. The van der Waals surface area contributed by atoms with Crippen LogP contribution in [0, 0.1) is 0 Å². The smallest absolute Gasteiger partial charge is 0.0811 e. The molecule has 0 fully saturated rings. The molecule has 0 aromatic heterocycles. The van der Waals surface area contributed by atoms with Crippen molar-refractivity contribution in [3.8, 4) is 0 Å². The average molecular weight is 249 g/mol. The zero-order valence-electron chi connectivity index (χ0n) is 11.3. The summed E-state index contributed by atoms with van der Waals surface area (Å²) in [4.78, 5) is 0. The quantitative estimate of drug-likeness (QED) is 0.752. The summed E-state index contributed by atoms with van der Waals surface area (Å²) in [6.07, 6.45) is 2.38. The van der Waals surface area contributed by atoms with Gasteiger partial charge in [0.1, 0.15) is 0 Å². The molecule has 0 amide bonds. The normalized spacial score (nSPS) is 22.1. The van der Waals surface area contributed by atoms with Gasteiger partial charge in [-0.25, -0.2) is 0 Å². The number of fused-ring (bicyclic) bond motifs is 1. The third-order valence-corrected chi connectivity index (χ3v) is 3.42. The summed E-state index contributed by atoms with van der Waals surface area (Å²) in [5.74, 6) is 0. The average Bonchev–Trinajstić information content (AvgIpc) is 2.74. The van der Waals surface area contributed by atoms with Gasteiger partial charge in [-0.15, -0.1) is 0 Å². The zero-order chi connectivity index (χ0) is 12.8. The van der Waals surface area contributed by atoms with E-state index in [0.717, 1.165) is 19.4 Å². The van der Waals surface area contributed by atoms with Gasteiger partial charge in [0, 0.05) is 13.5 Å². The number of methoxy groups -OCH3 is 1. The van der Waals surface area contributed by atoms with Crippen molar-refractivity contribution >= 4 is 0 Å². The van der Waals surface area contributed by atoms with Gasteiger partial charge in [0.25, 0.3) is 0 Å². The molecule has 1 N–H and O–H groups in total. The van der Waals surface area contributed by atoms with Gasteiger partial charge in [0.05, 0.1) is 25.4 Å². The second-order valence-corrected chi connectivity index (χ2v) is 4.74. The monoisotopic (exact) mass is 249 g/mol. The molecule has 0 spiro atoms. The van der Waals surface area contributed by atoms with Crippen LogP contribution in [0.1, 0.15) is 30.5 Å². The largest absolute Gasteiger partial charge is 0.382 e. The molecule has 3 nitrogen and oxygen atoms in total. The Morgan fingerprint density at radius 1 is 1.28 bits per heavy atom. The molecule has 1 aliphatic carbocycles. The van der Waals surface area contributed by atoms with Gasteiger partial charge in [-0.05, 0) is 24.1 Å². The number of hydrogen-bond donors (Lipinski definition) is 1. The van der Waals surface area contributed by atoms with Crippen molar-refractivity contribution in [2.45, 2.75) is 31.9 Å². The number of rotatable bonds is 7. The maximum Gasteiger partial charge on any atom is 0.0811 e. The highest BCUT2D eigenvalue weighted by atomic mass is 16.5. The summed E-state index contributed by atoms with van der Waals surface area (Å²) >= 11 is 0. The van der Waals surface area contributed by atoms with Crippen LogP contribution in [-0.2, 0) is 15.9 Å². The van der Waals surface area contributed by atoms with Crippen molar-refractivity contribution in [1.29, 1.82) is 0 Å². The number of hydrogen-bond acceptors (Lipinski definition) is 3. The van der Waals surface area contributed by atoms with Crippen molar-refractivity contribution in [2.75, 3.05) is 26.9 Å². The van der Waals surface area contributed by atoms with Crippen molar-refractivity contribution in [3.05, 3.63) is 35.4 Å². The Balaban J connectivity index is 2.02. The van der Waals surface area contributed by atoms with Crippen molar-refractivity contribution in [2.24, 2.45) is 0 Å². The first-order valence-electron chi connectivity index (χ1n) is 6.78.